The number of para-hydroxylation sites is 2. The predicted octanol–water partition coefficient (Wildman–Crippen LogP) is 4.64. The second kappa shape index (κ2) is 10.7. The van der Waals surface area contributed by atoms with Gasteiger partial charge in [-0.05, 0) is 35.2 Å². The molecule has 0 aliphatic carbocycles. The van der Waals surface area contributed by atoms with Crippen LogP contribution in [0.3, 0.4) is 0 Å². The van der Waals surface area contributed by atoms with Crippen molar-refractivity contribution in [2.24, 2.45) is 0 Å². The van der Waals surface area contributed by atoms with Gasteiger partial charge in [-0.25, -0.2) is 4.98 Å². The van der Waals surface area contributed by atoms with Crippen LogP contribution in [0.25, 0.3) is 22.2 Å². The molecule has 0 aliphatic rings. The molecule has 32 heavy (non-hydrogen) atoms. The van der Waals surface area contributed by atoms with Crippen molar-refractivity contribution in [2.45, 2.75) is 25.8 Å². The lowest BCUT2D eigenvalue weighted by Crippen LogP contribution is -2.26. The first kappa shape index (κ1) is 21.8. The number of nitrogens with one attached hydrogen (secondary N) is 1. The Bertz CT molecular complexity index is 1150. The molecule has 0 fully saturated rings. The van der Waals surface area contributed by atoms with Crippen LogP contribution in [0, 0.1) is 0 Å². The fourth-order valence-electron chi connectivity index (χ4n) is 3.92. The van der Waals surface area contributed by atoms with Gasteiger partial charge >= 0.3 is 0 Å². The summed E-state index contributed by atoms with van der Waals surface area (Å²) in [4.78, 5) is 17.2. The van der Waals surface area contributed by atoms with Crippen molar-refractivity contribution in [1.82, 2.24) is 14.9 Å². The maximum absolute atomic E-state index is 12.4. The molecule has 3 aromatic carbocycles. The summed E-state index contributed by atoms with van der Waals surface area (Å²) in [5, 5.41) is 3.04. The topological polar surface area (TPSA) is 56.1 Å². The summed E-state index contributed by atoms with van der Waals surface area (Å²) in [5.74, 6) is 1.08. The number of imidazole rings is 1. The van der Waals surface area contributed by atoms with E-state index in [9.17, 15) is 4.79 Å². The van der Waals surface area contributed by atoms with E-state index < -0.39 is 0 Å². The summed E-state index contributed by atoms with van der Waals surface area (Å²) in [6.45, 7) is 2.05. The van der Waals surface area contributed by atoms with Gasteiger partial charge in [0.25, 0.3) is 0 Å². The van der Waals surface area contributed by atoms with Gasteiger partial charge in [-0.2, -0.15) is 0 Å². The summed E-state index contributed by atoms with van der Waals surface area (Å²) in [6.07, 6.45) is 2.04. The number of carbonyl (C=O) groups is 1. The van der Waals surface area contributed by atoms with Crippen molar-refractivity contribution in [3.8, 4) is 11.1 Å². The lowest BCUT2D eigenvalue weighted by Gasteiger charge is -2.09. The lowest BCUT2D eigenvalue weighted by molar-refractivity contribution is -0.120. The minimum absolute atomic E-state index is 0.0466. The fourth-order valence-corrected chi connectivity index (χ4v) is 3.92. The number of rotatable bonds is 10. The maximum atomic E-state index is 12.4. The van der Waals surface area contributed by atoms with Gasteiger partial charge in [0.05, 0.1) is 24.1 Å². The molecule has 1 N–H and O–H groups in total. The van der Waals surface area contributed by atoms with Gasteiger partial charge in [-0.3, -0.25) is 4.79 Å². The van der Waals surface area contributed by atoms with E-state index in [1.807, 2.05) is 48.5 Å². The van der Waals surface area contributed by atoms with Gasteiger partial charge in [-0.15, -0.1) is 0 Å². The Kier molecular flexibility index (Phi) is 7.31. The first-order chi connectivity index (χ1) is 15.7. The van der Waals surface area contributed by atoms with E-state index in [4.69, 9.17) is 9.72 Å². The quantitative estimate of drug-likeness (QED) is 0.375. The molecule has 0 spiro atoms. The van der Waals surface area contributed by atoms with Crippen LogP contribution in [0.2, 0.25) is 0 Å². The highest BCUT2D eigenvalue weighted by Gasteiger charge is 2.10. The van der Waals surface area contributed by atoms with Gasteiger partial charge in [0.1, 0.15) is 5.82 Å². The second-order valence-electron chi connectivity index (χ2n) is 7.85. The number of hydrogen-bond acceptors (Lipinski definition) is 3. The Morgan fingerprint density at radius 2 is 1.66 bits per heavy atom. The van der Waals surface area contributed by atoms with Crippen molar-refractivity contribution >= 4 is 16.9 Å². The maximum Gasteiger partial charge on any atom is 0.224 e. The summed E-state index contributed by atoms with van der Waals surface area (Å²) in [7, 11) is 1.71. The van der Waals surface area contributed by atoms with Crippen LogP contribution in [-0.2, 0) is 28.9 Å². The average Bonchev–Trinajstić information content (AvgIpc) is 3.19. The van der Waals surface area contributed by atoms with Crippen LogP contribution >= 0.6 is 0 Å². The number of carbonyl (C=O) groups excluding carboxylic acids is 1. The van der Waals surface area contributed by atoms with Gasteiger partial charge in [0.2, 0.25) is 5.91 Å². The summed E-state index contributed by atoms with van der Waals surface area (Å²) >= 11 is 0. The molecular weight excluding hydrogens is 398 g/mol. The smallest absolute Gasteiger partial charge is 0.224 e. The summed E-state index contributed by atoms with van der Waals surface area (Å²) in [5.41, 5.74) is 5.49. The van der Waals surface area contributed by atoms with Crippen LogP contribution in [0.5, 0.6) is 0 Å². The van der Waals surface area contributed by atoms with Crippen LogP contribution in [0.4, 0.5) is 0 Å². The zero-order valence-corrected chi connectivity index (χ0v) is 18.5. The van der Waals surface area contributed by atoms with E-state index >= 15 is 0 Å². The van der Waals surface area contributed by atoms with Crippen molar-refractivity contribution in [3.05, 3.63) is 90.3 Å². The zero-order chi connectivity index (χ0) is 22.2. The third-order valence-electron chi connectivity index (χ3n) is 5.58. The molecule has 164 valence electrons. The number of hydrogen-bond donors (Lipinski definition) is 1. The van der Waals surface area contributed by atoms with Crippen LogP contribution in [0.15, 0.2) is 78.9 Å². The standard InChI is InChI=1S/C27H29N3O2/c1-32-19-18-30-25-11-6-5-10-24(25)29-26(30)12-7-17-28-27(31)20-21-13-15-23(16-14-21)22-8-3-2-4-9-22/h2-6,8-11,13-16H,7,12,17-20H2,1H3,(H,28,31). The fraction of sp³-hybridized carbons (Fsp3) is 0.259. The number of ether oxygens (including phenoxy) is 1. The number of fused-ring (bicyclic) bond motifs is 1. The summed E-state index contributed by atoms with van der Waals surface area (Å²) < 4.78 is 7.48. The first-order valence-electron chi connectivity index (χ1n) is 11.1. The predicted molar refractivity (Wildman–Crippen MR) is 129 cm³/mol. The number of benzene rings is 3. The largest absolute Gasteiger partial charge is 0.383 e. The van der Waals surface area contributed by atoms with Gasteiger partial charge in [0, 0.05) is 26.6 Å². The van der Waals surface area contributed by atoms with E-state index in [0.29, 0.717) is 19.6 Å². The molecule has 0 saturated carbocycles. The van der Waals surface area contributed by atoms with E-state index in [0.717, 1.165) is 47.4 Å². The molecule has 0 saturated heterocycles. The highest BCUT2D eigenvalue weighted by molar-refractivity contribution is 5.79. The average molecular weight is 428 g/mol. The molecule has 4 rings (SSSR count). The third kappa shape index (κ3) is 5.42. The molecule has 0 radical (unpaired) electrons. The Morgan fingerprint density at radius 3 is 2.44 bits per heavy atom. The van der Waals surface area contributed by atoms with E-state index in [-0.39, 0.29) is 5.91 Å². The Balaban J connectivity index is 1.27. The Hall–Kier alpha value is -3.44. The number of nitrogens with zero attached hydrogens (tertiary/aromatic N) is 2. The highest BCUT2D eigenvalue weighted by Crippen LogP contribution is 2.19. The molecule has 5 heteroatoms. The second-order valence-corrected chi connectivity index (χ2v) is 7.85. The number of aromatic nitrogens is 2. The molecule has 1 aromatic heterocycles. The molecule has 0 bridgehead atoms. The zero-order valence-electron chi connectivity index (χ0n) is 18.5. The normalized spacial score (nSPS) is 11.0. The Morgan fingerprint density at radius 1 is 0.938 bits per heavy atom. The molecule has 0 aliphatic heterocycles. The van der Waals surface area contributed by atoms with Gasteiger partial charge < -0.3 is 14.6 Å². The molecule has 5 nitrogen and oxygen atoms in total. The van der Waals surface area contributed by atoms with Crippen LogP contribution in [-0.4, -0.2) is 35.7 Å². The van der Waals surface area contributed by atoms with Crippen molar-refractivity contribution in [2.75, 3.05) is 20.3 Å². The van der Waals surface area contributed by atoms with E-state index in [2.05, 4.69) is 40.2 Å². The molecule has 1 amide bonds. The van der Waals surface area contributed by atoms with Crippen molar-refractivity contribution in [3.63, 3.8) is 0 Å². The Labute approximate surface area is 189 Å². The van der Waals surface area contributed by atoms with E-state index in [1.54, 1.807) is 7.11 Å². The highest BCUT2D eigenvalue weighted by atomic mass is 16.5. The monoisotopic (exact) mass is 427 g/mol. The third-order valence-corrected chi connectivity index (χ3v) is 5.58. The summed E-state index contributed by atoms with van der Waals surface area (Å²) in [6, 6.07) is 26.6. The number of amides is 1. The minimum atomic E-state index is 0.0466. The molecule has 0 atom stereocenters. The lowest BCUT2D eigenvalue weighted by atomic mass is 10.0. The molecular formula is C27H29N3O2. The van der Waals surface area contributed by atoms with Crippen molar-refractivity contribution in [1.29, 1.82) is 0 Å². The van der Waals surface area contributed by atoms with Crippen LogP contribution in [0.1, 0.15) is 17.8 Å². The minimum Gasteiger partial charge on any atom is -0.383 e. The van der Waals surface area contributed by atoms with Gasteiger partial charge in [0.15, 0.2) is 0 Å². The van der Waals surface area contributed by atoms with Crippen molar-refractivity contribution < 1.29 is 9.53 Å². The van der Waals surface area contributed by atoms with E-state index in [1.165, 1.54) is 5.56 Å². The number of aryl methyl sites for hydroxylation is 1. The molecule has 1 heterocycles. The van der Waals surface area contributed by atoms with Gasteiger partial charge in [-0.1, -0.05) is 66.7 Å². The van der Waals surface area contributed by atoms with Crippen LogP contribution < -0.4 is 5.32 Å². The number of methoxy groups -OCH3 is 1. The molecule has 0 unspecified atom stereocenters. The molecule has 4 aromatic rings. The SMILES string of the molecule is COCCn1c(CCCNC(=O)Cc2ccc(-c3ccccc3)cc2)nc2ccccc21. The first-order valence-corrected chi connectivity index (χ1v) is 11.1.